The molecule has 0 amide bonds. The molecule has 0 aliphatic carbocycles. The summed E-state index contributed by atoms with van der Waals surface area (Å²) in [5.41, 5.74) is 2.48. The molecule has 0 radical (unpaired) electrons. The van der Waals surface area contributed by atoms with Gasteiger partial charge in [-0.3, -0.25) is 0 Å². The van der Waals surface area contributed by atoms with Gasteiger partial charge in [-0.25, -0.2) is 9.97 Å². The van der Waals surface area contributed by atoms with Gasteiger partial charge in [0, 0.05) is 20.6 Å². The van der Waals surface area contributed by atoms with E-state index in [-0.39, 0.29) is 0 Å². The molecule has 0 bridgehead atoms. The highest BCUT2D eigenvalue weighted by Gasteiger charge is 2.15. The lowest BCUT2D eigenvalue weighted by molar-refractivity contribution is 0.413. The monoisotopic (exact) mass is 272 g/mol. The van der Waals surface area contributed by atoms with Crippen LogP contribution in [0.4, 0.5) is 11.6 Å². The summed E-state index contributed by atoms with van der Waals surface area (Å²) in [5, 5.41) is 3.01. The number of hydrogen-bond acceptors (Lipinski definition) is 5. The minimum Gasteiger partial charge on any atom is -0.490 e. The van der Waals surface area contributed by atoms with E-state index in [9.17, 15) is 0 Å². The van der Waals surface area contributed by atoms with E-state index in [1.165, 1.54) is 17.5 Å². The normalized spacial score (nSPS) is 10.2. The summed E-state index contributed by atoms with van der Waals surface area (Å²) in [4.78, 5) is 10.5. The first kappa shape index (κ1) is 14.1. The summed E-state index contributed by atoms with van der Waals surface area (Å²) in [6.07, 6.45) is 1.54. The van der Waals surface area contributed by atoms with Crippen LogP contribution in [-0.4, -0.2) is 31.2 Å². The Morgan fingerprint density at radius 1 is 1.20 bits per heavy atom. The minimum absolute atomic E-state index is 0.657. The molecule has 0 unspecified atom stereocenters. The summed E-state index contributed by atoms with van der Waals surface area (Å²) in [5.74, 6) is 2.12. The molecule has 20 heavy (non-hydrogen) atoms. The lowest BCUT2D eigenvalue weighted by atomic mass is 10.1. The number of nitrogens with one attached hydrogen (secondary N) is 1. The first-order valence-corrected chi connectivity index (χ1v) is 6.49. The first-order valence-electron chi connectivity index (χ1n) is 6.49. The van der Waals surface area contributed by atoms with Crippen LogP contribution in [0.1, 0.15) is 11.1 Å². The number of nitrogens with zero attached hydrogens (tertiary/aromatic N) is 3. The largest absolute Gasteiger partial charge is 0.490 e. The summed E-state index contributed by atoms with van der Waals surface area (Å²) in [7, 11) is 5.43. The minimum atomic E-state index is 0.657. The van der Waals surface area contributed by atoms with Gasteiger partial charge in [0.1, 0.15) is 6.33 Å². The second-order valence-corrected chi connectivity index (χ2v) is 4.67. The SMILES string of the molecule is CNc1ncnc(N(C)Cc2ccc(C)cc2)c1OC. The molecule has 0 aliphatic heterocycles. The standard InChI is InChI=1S/C15H20N4O/c1-11-5-7-12(8-6-11)9-19(3)15-13(20-4)14(16-2)17-10-18-15/h5-8,10H,9H2,1-4H3,(H,16,17,18). The smallest absolute Gasteiger partial charge is 0.204 e. The van der Waals surface area contributed by atoms with Crippen LogP contribution >= 0.6 is 0 Å². The molecule has 5 nitrogen and oxygen atoms in total. The van der Waals surface area contributed by atoms with Crippen LogP contribution in [-0.2, 0) is 6.54 Å². The predicted octanol–water partition coefficient (Wildman–Crippen LogP) is 2.47. The quantitative estimate of drug-likeness (QED) is 0.906. The second kappa shape index (κ2) is 6.23. The molecule has 1 N–H and O–H groups in total. The molecule has 0 aliphatic rings. The number of methoxy groups -OCH3 is 1. The van der Waals surface area contributed by atoms with Gasteiger partial charge in [-0.15, -0.1) is 0 Å². The molecule has 1 aromatic carbocycles. The van der Waals surface area contributed by atoms with Crippen molar-refractivity contribution in [2.75, 3.05) is 31.4 Å². The highest BCUT2D eigenvalue weighted by molar-refractivity contribution is 5.64. The third-order valence-electron chi connectivity index (χ3n) is 3.13. The van der Waals surface area contributed by atoms with E-state index in [2.05, 4.69) is 46.5 Å². The number of aromatic nitrogens is 2. The predicted molar refractivity (Wildman–Crippen MR) is 81.4 cm³/mol. The Morgan fingerprint density at radius 2 is 1.90 bits per heavy atom. The molecule has 0 atom stereocenters. The third-order valence-corrected chi connectivity index (χ3v) is 3.13. The van der Waals surface area contributed by atoms with Gasteiger partial charge in [-0.05, 0) is 12.5 Å². The molecular formula is C15H20N4O. The molecule has 2 aromatic rings. The van der Waals surface area contributed by atoms with Crippen LogP contribution < -0.4 is 15.0 Å². The molecule has 1 heterocycles. The highest BCUT2D eigenvalue weighted by Crippen LogP contribution is 2.31. The summed E-state index contributed by atoms with van der Waals surface area (Å²) < 4.78 is 5.42. The number of anilines is 2. The average molecular weight is 272 g/mol. The highest BCUT2D eigenvalue weighted by atomic mass is 16.5. The molecular weight excluding hydrogens is 252 g/mol. The van der Waals surface area contributed by atoms with E-state index in [0.717, 1.165) is 12.4 Å². The van der Waals surface area contributed by atoms with Crippen molar-refractivity contribution in [3.8, 4) is 5.75 Å². The van der Waals surface area contributed by atoms with Gasteiger partial charge in [0.05, 0.1) is 7.11 Å². The van der Waals surface area contributed by atoms with Crippen LogP contribution in [0, 0.1) is 6.92 Å². The van der Waals surface area contributed by atoms with E-state index in [4.69, 9.17) is 4.74 Å². The summed E-state index contributed by atoms with van der Waals surface area (Å²) in [6.45, 7) is 2.84. The average Bonchev–Trinajstić information content (AvgIpc) is 2.48. The topological polar surface area (TPSA) is 50.3 Å². The van der Waals surface area contributed by atoms with Gasteiger partial charge in [0.25, 0.3) is 0 Å². The molecule has 2 rings (SSSR count). The van der Waals surface area contributed by atoms with Crippen molar-refractivity contribution in [1.82, 2.24) is 9.97 Å². The van der Waals surface area contributed by atoms with Gasteiger partial charge in [0.2, 0.25) is 5.75 Å². The molecule has 0 saturated heterocycles. The zero-order valence-corrected chi connectivity index (χ0v) is 12.3. The molecule has 5 heteroatoms. The Bertz CT molecular complexity index is 569. The van der Waals surface area contributed by atoms with Gasteiger partial charge in [-0.1, -0.05) is 29.8 Å². The Hall–Kier alpha value is -2.30. The van der Waals surface area contributed by atoms with Crippen LogP contribution in [0.25, 0.3) is 0 Å². The van der Waals surface area contributed by atoms with Crippen LogP contribution in [0.15, 0.2) is 30.6 Å². The lowest BCUT2D eigenvalue weighted by Crippen LogP contribution is -2.19. The van der Waals surface area contributed by atoms with Crippen molar-refractivity contribution in [2.45, 2.75) is 13.5 Å². The summed E-state index contributed by atoms with van der Waals surface area (Å²) in [6, 6.07) is 8.47. The van der Waals surface area contributed by atoms with E-state index in [1.807, 2.05) is 19.0 Å². The summed E-state index contributed by atoms with van der Waals surface area (Å²) >= 11 is 0. The van der Waals surface area contributed by atoms with Crippen molar-refractivity contribution in [3.63, 3.8) is 0 Å². The zero-order valence-electron chi connectivity index (χ0n) is 12.3. The maximum absolute atomic E-state index is 5.42. The number of ether oxygens (including phenoxy) is 1. The molecule has 106 valence electrons. The zero-order chi connectivity index (χ0) is 14.5. The van der Waals surface area contributed by atoms with E-state index in [0.29, 0.717) is 11.6 Å². The van der Waals surface area contributed by atoms with Crippen LogP contribution in [0.2, 0.25) is 0 Å². The van der Waals surface area contributed by atoms with Crippen molar-refractivity contribution in [3.05, 3.63) is 41.7 Å². The van der Waals surface area contributed by atoms with E-state index < -0.39 is 0 Å². The molecule has 0 fully saturated rings. The third kappa shape index (κ3) is 2.99. The number of aryl methyl sites for hydroxylation is 1. The van der Waals surface area contributed by atoms with Gasteiger partial charge in [-0.2, -0.15) is 0 Å². The fourth-order valence-electron chi connectivity index (χ4n) is 2.04. The number of hydrogen-bond donors (Lipinski definition) is 1. The number of benzene rings is 1. The number of rotatable bonds is 5. The van der Waals surface area contributed by atoms with E-state index in [1.54, 1.807) is 7.11 Å². The molecule has 0 saturated carbocycles. The second-order valence-electron chi connectivity index (χ2n) is 4.67. The van der Waals surface area contributed by atoms with Crippen LogP contribution in [0.3, 0.4) is 0 Å². The van der Waals surface area contributed by atoms with Gasteiger partial charge >= 0.3 is 0 Å². The van der Waals surface area contributed by atoms with Gasteiger partial charge in [0.15, 0.2) is 11.6 Å². The maximum atomic E-state index is 5.42. The fourth-order valence-corrected chi connectivity index (χ4v) is 2.04. The van der Waals surface area contributed by atoms with Crippen molar-refractivity contribution in [2.24, 2.45) is 0 Å². The van der Waals surface area contributed by atoms with Crippen molar-refractivity contribution < 1.29 is 4.74 Å². The maximum Gasteiger partial charge on any atom is 0.204 e. The van der Waals surface area contributed by atoms with Gasteiger partial charge < -0.3 is 15.0 Å². The Labute approximate surface area is 119 Å². The van der Waals surface area contributed by atoms with E-state index >= 15 is 0 Å². The van der Waals surface area contributed by atoms with Crippen molar-refractivity contribution >= 4 is 11.6 Å². The van der Waals surface area contributed by atoms with Crippen LogP contribution in [0.5, 0.6) is 5.75 Å². The van der Waals surface area contributed by atoms with Crippen molar-refractivity contribution in [1.29, 1.82) is 0 Å². The Balaban J connectivity index is 2.24. The molecule has 1 aromatic heterocycles. The lowest BCUT2D eigenvalue weighted by Gasteiger charge is -2.21. The fraction of sp³-hybridized carbons (Fsp3) is 0.333. The molecule has 0 spiro atoms. The Morgan fingerprint density at radius 3 is 2.50 bits per heavy atom. The first-order chi connectivity index (χ1) is 9.65. The Kier molecular flexibility index (Phi) is 4.40.